The molecular formula is C24H25F2N3O5. The normalized spacial score (nSPS) is 20.9. The molecule has 2 amide bonds. The number of hydrogen-bond donors (Lipinski definition) is 1. The minimum absolute atomic E-state index is 0.0810. The third kappa shape index (κ3) is 3.66. The van der Waals surface area contributed by atoms with Crippen molar-refractivity contribution in [3.8, 4) is 5.75 Å². The van der Waals surface area contributed by atoms with E-state index in [0.717, 1.165) is 6.07 Å². The number of fused-ring (bicyclic) bond motifs is 2. The number of rotatable bonds is 6. The number of pyridine rings is 1. The summed E-state index contributed by atoms with van der Waals surface area (Å²) in [5.41, 5.74) is -2.34. The third-order valence-corrected chi connectivity index (χ3v) is 6.72. The Morgan fingerprint density at radius 1 is 1.24 bits per heavy atom. The maximum Gasteiger partial charge on any atom is 0.274 e. The van der Waals surface area contributed by atoms with Gasteiger partial charge in [-0.3, -0.25) is 19.2 Å². The lowest BCUT2D eigenvalue weighted by molar-refractivity contribution is -0.131. The van der Waals surface area contributed by atoms with E-state index >= 15 is 0 Å². The van der Waals surface area contributed by atoms with Crippen molar-refractivity contribution in [2.24, 2.45) is 5.92 Å². The zero-order chi connectivity index (χ0) is 24.9. The van der Waals surface area contributed by atoms with Crippen LogP contribution >= 0.6 is 0 Å². The third-order valence-electron chi connectivity index (χ3n) is 6.72. The lowest BCUT2D eigenvalue weighted by Gasteiger charge is -2.37. The number of carbonyl (C=O) groups excluding carboxylic acids is 3. The van der Waals surface area contributed by atoms with E-state index in [1.54, 1.807) is 21.0 Å². The molecule has 2 unspecified atom stereocenters. The molecule has 0 saturated heterocycles. The second-order valence-electron chi connectivity index (χ2n) is 9.01. The molecule has 1 fully saturated rings. The van der Waals surface area contributed by atoms with Gasteiger partial charge in [0.25, 0.3) is 5.91 Å². The van der Waals surface area contributed by atoms with Gasteiger partial charge in [0, 0.05) is 45.9 Å². The first-order chi connectivity index (χ1) is 16.0. The van der Waals surface area contributed by atoms with Crippen LogP contribution in [-0.4, -0.2) is 64.3 Å². The summed E-state index contributed by atoms with van der Waals surface area (Å²) >= 11 is 0. The summed E-state index contributed by atoms with van der Waals surface area (Å²) in [6.07, 6.45) is 1.28. The summed E-state index contributed by atoms with van der Waals surface area (Å²) < 4.78 is 28.5. The molecule has 1 aromatic heterocycles. The molecule has 2 atom stereocenters. The molecule has 0 radical (unpaired) electrons. The summed E-state index contributed by atoms with van der Waals surface area (Å²) in [4.78, 5) is 54.3. The number of Topliss-reactive ketones (excluding diaryl/α,β-unsaturated/α-hetero) is 1. The Morgan fingerprint density at radius 2 is 1.94 bits per heavy atom. The first-order valence-electron chi connectivity index (χ1n) is 11.0. The molecule has 1 aliphatic heterocycles. The molecule has 180 valence electrons. The number of ketones is 1. The highest BCUT2D eigenvalue weighted by atomic mass is 19.1. The van der Waals surface area contributed by atoms with Gasteiger partial charge in [0.05, 0.1) is 17.0 Å². The highest BCUT2D eigenvalue weighted by Crippen LogP contribution is 2.54. The summed E-state index contributed by atoms with van der Waals surface area (Å²) in [7, 11) is 3.24. The van der Waals surface area contributed by atoms with Gasteiger partial charge in [-0.05, 0) is 31.4 Å². The second-order valence-corrected chi connectivity index (χ2v) is 9.01. The van der Waals surface area contributed by atoms with E-state index in [-0.39, 0.29) is 42.1 Å². The van der Waals surface area contributed by atoms with Crippen molar-refractivity contribution in [3.05, 3.63) is 63.1 Å². The number of aryl methyl sites for hydroxylation is 1. The van der Waals surface area contributed by atoms with Crippen molar-refractivity contribution < 1.29 is 28.3 Å². The highest BCUT2D eigenvalue weighted by Gasteiger charge is 2.64. The summed E-state index contributed by atoms with van der Waals surface area (Å²) in [6.45, 7) is 2.28. The zero-order valence-electron chi connectivity index (χ0n) is 19.1. The fourth-order valence-electron chi connectivity index (χ4n) is 4.71. The van der Waals surface area contributed by atoms with Gasteiger partial charge < -0.3 is 19.5 Å². The molecule has 0 bridgehead atoms. The Hall–Kier alpha value is -3.56. The number of carbonyl (C=O) groups is 3. The SMILES string of the molecule is CCN1CC2(CC2C(=O)N(C)C)n2cc(C(=O)CCc3ccc(F)cc3F)c(=O)c(O)c2C1=O. The van der Waals surface area contributed by atoms with Gasteiger partial charge >= 0.3 is 0 Å². The Balaban J connectivity index is 1.73. The van der Waals surface area contributed by atoms with Gasteiger partial charge in [0.1, 0.15) is 11.6 Å². The summed E-state index contributed by atoms with van der Waals surface area (Å²) in [5.74, 6) is -4.24. The quantitative estimate of drug-likeness (QED) is 0.647. The van der Waals surface area contributed by atoms with Crippen LogP contribution in [0.2, 0.25) is 0 Å². The van der Waals surface area contributed by atoms with Crippen molar-refractivity contribution in [3.63, 3.8) is 0 Å². The molecule has 1 aromatic carbocycles. The number of nitrogens with zero attached hydrogens (tertiary/aromatic N) is 3. The first kappa shape index (κ1) is 23.6. The molecule has 34 heavy (non-hydrogen) atoms. The van der Waals surface area contributed by atoms with Crippen molar-refractivity contribution >= 4 is 17.6 Å². The number of aromatic nitrogens is 1. The van der Waals surface area contributed by atoms with Crippen molar-refractivity contribution in [1.29, 1.82) is 0 Å². The minimum atomic E-state index is -0.992. The minimum Gasteiger partial charge on any atom is -0.503 e. The molecule has 1 saturated carbocycles. The van der Waals surface area contributed by atoms with Crippen LogP contribution in [0.15, 0.2) is 29.2 Å². The van der Waals surface area contributed by atoms with Crippen LogP contribution < -0.4 is 5.43 Å². The van der Waals surface area contributed by atoms with Gasteiger partial charge in [0.2, 0.25) is 11.3 Å². The number of halogens is 2. The molecule has 2 heterocycles. The second kappa shape index (κ2) is 8.34. The topological polar surface area (TPSA) is 99.9 Å². The summed E-state index contributed by atoms with van der Waals surface area (Å²) in [6, 6.07) is 3.01. The van der Waals surface area contributed by atoms with Crippen molar-refractivity contribution in [1.82, 2.24) is 14.4 Å². The number of hydrogen-bond acceptors (Lipinski definition) is 5. The number of amides is 2. The molecule has 1 spiro atoms. The monoisotopic (exact) mass is 473 g/mol. The molecule has 8 nitrogen and oxygen atoms in total. The fraction of sp³-hybridized carbons (Fsp3) is 0.417. The molecule has 2 aliphatic rings. The molecule has 1 N–H and O–H groups in total. The zero-order valence-corrected chi connectivity index (χ0v) is 19.1. The summed E-state index contributed by atoms with van der Waals surface area (Å²) in [5, 5.41) is 10.7. The molecule has 10 heteroatoms. The first-order valence-corrected chi connectivity index (χ1v) is 11.0. The standard InChI is InChI=1S/C24H25F2N3O5/c1-4-28-12-24(10-16(24)22(33)27(2)3)29-11-15(20(31)21(32)19(29)23(28)34)18(30)8-6-13-5-7-14(25)9-17(13)26/h5,7,9,11,16,32H,4,6,8,10,12H2,1-3H3. The molecule has 1 aliphatic carbocycles. The maximum absolute atomic E-state index is 13.9. The number of likely N-dealkylation sites (N-methyl/N-ethyl adjacent to an activating group) is 1. The predicted molar refractivity (Wildman–Crippen MR) is 118 cm³/mol. The Kier molecular flexibility index (Phi) is 5.79. The van der Waals surface area contributed by atoms with Crippen molar-refractivity contribution in [2.75, 3.05) is 27.2 Å². The van der Waals surface area contributed by atoms with E-state index in [4.69, 9.17) is 0 Å². The molecule has 2 aromatic rings. The smallest absolute Gasteiger partial charge is 0.274 e. The van der Waals surface area contributed by atoms with Crippen molar-refractivity contribution in [2.45, 2.75) is 31.7 Å². The van der Waals surface area contributed by atoms with Gasteiger partial charge in [0.15, 0.2) is 17.2 Å². The van der Waals surface area contributed by atoms with E-state index in [2.05, 4.69) is 0 Å². The van der Waals surface area contributed by atoms with E-state index in [9.17, 15) is 33.1 Å². The van der Waals surface area contributed by atoms with Gasteiger partial charge in [-0.1, -0.05) is 6.07 Å². The van der Waals surface area contributed by atoms with Gasteiger partial charge in [-0.25, -0.2) is 8.78 Å². The maximum atomic E-state index is 13.9. The lowest BCUT2D eigenvalue weighted by Crippen LogP contribution is -2.50. The average Bonchev–Trinajstić information content (AvgIpc) is 3.51. The average molecular weight is 473 g/mol. The van der Waals surface area contributed by atoms with E-state index in [1.807, 2.05) is 0 Å². The van der Waals surface area contributed by atoms with E-state index < -0.39 is 46.0 Å². The van der Waals surface area contributed by atoms with Crippen LogP contribution in [0.25, 0.3) is 0 Å². The largest absolute Gasteiger partial charge is 0.503 e. The van der Waals surface area contributed by atoms with Crippen LogP contribution in [-0.2, 0) is 16.8 Å². The number of aromatic hydroxyl groups is 1. The lowest BCUT2D eigenvalue weighted by atomic mass is 9.99. The Bertz CT molecular complexity index is 1270. The Morgan fingerprint density at radius 3 is 2.56 bits per heavy atom. The number of benzene rings is 1. The van der Waals surface area contributed by atoms with Gasteiger partial charge in [-0.2, -0.15) is 0 Å². The fourth-order valence-corrected chi connectivity index (χ4v) is 4.71. The van der Waals surface area contributed by atoms with Gasteiger partial charge in [-0.15, -0.1) is 0 Å². The van der Waals surface area contributed by atoms with Crippen LogP contribution in [0.4, 0.5) is 8.78 Å². The predicted octanol–water partition coefficient (Wildman–Crippen LogP) is 1.93. The van der Waals surface area contributed by atoms with Crippen LogP contribution in [0.5, 0.6) is 5.75 Å². The van der Waals surface area contributed by atoms with Crippen LogP contribution in [0.1, 0.15) is 46.2 Å². The van der Waals surface area contributed by atoms with E-state index in [0.29, 0.717) is 19.0 Å². The van der Waals surface area contributed by atoms with E-state index in [1.165, 1.54) is 26.6 Å². The highest BCUT2D eigenvalue weighted by molar-refractivity contribution is 6.00. The molecular weight excluding hydrogens is 448 g/mol. The molecule has 4 rings (SSSR count). The van der Waals surface area contributed by atoms with Crippen LogP contribution in [0.3, 0.4) is 0 Å². The van der Waals surface area contributed by atoms with Crippen LogP contribution in [0, 0.1) is 17.6 Å². The Labute approximate surface area is 194 Å².